The van der Waals surface area contributed by atoms with Crippen LogP contribution in [0.2, 0.25) is 0 Å². The van der Waals surface area contributed by atoms with Crippen LogP contribution in [0.1, 0.15) is 10.4 Å². The molecule has 6 heteroatoms. The van der Waals surface area contributed by atoms with E-state index in [0.29, 0.717) is 16.2 Å². The number of benzene rings is 2. The molecule has 1 aromatic heterocycles. The van der Waals surface area contributed by atoms with Crippen LogP contribution in [0.15, 0.2) is 65.7 Å². The fourth-order valence-electron chi connectivity index (χ4n) is 2.26. The first-order valence-electron chi connectivity index (χ1n) is 6.88. The average molecular weight is 326 g/mol. The molecule has 0 saturated carbocycles. The van der Waals surface area contributed by atoms with Crippen LogP contribution in [0.25, 0.3) is 16.9 Å². The standard InChI is InChI=1S/C17H14N2O3S/c1-23(22)14-9-7-12(8-10-14)16-15(17(20)21)11-19(18-16)13-5-3-2-4-6-13/h2-11H,1H3,(H,20,21). The minimum atomic E-state index is -1.07. The molecule has 2 aromatic carbocycles. The first-order chi connectivity index (χ1) is 11.1. The Morgan fingerprint density at radius 1 is 1.09 bits per heavy atom. The Bertz CT molecular complexity index is 871. The maximum atomic E-state index is 11.5. The molecule has 23 heavy (non-hydrogen) atoms. The zero-order valence-corrected chi connectivity index (χ0v) is 13.2. The first kappa shape index (κ1) is 15.2. The lowest BCUT2D eigenvalue weighted by Crippen LogP contribution is -1.97. The van der Waals surface area contributed by atoms with Crippen molar-refractivity contribution < 1.29 is 14.1 Å². The molecular weight excluding hydrogens is 312 g/mol. The normalized spacial score (nSPS) is 12.0. The molecule has 1 atom stereocenters. The van der Waals surface area contributed by atoms with Crippen LogP contribution in [0.5, 0.6) is 0 Å². The second-order valence-corrected chi connectivity index (χ2v) is 6.33. The van der Waals surface area contributed by atoms with Crippen molar-refractivity contribution >= 4 is 16.8 Å². The number of aromatic carboxylic acids is 1. The Balaban J connectivity index is 2.09. The van der Waals surface area contributed by atoms with E-state index in [-0.39, 0.29) is 5.56 Å². The Morgan fingerprint density at radius 3 is 2.30 bits per heavy atom. The van der Waals surface area contributed by atoms with E-state index >= 15 is 0 Å². The van der Waals surface area contributed by atoms with Gasteiger partial charge in [0, 0.05) is 33.7 Å². The van der Waals surface area contributed by atoms with Crippen molar-refractivity contribution in [2.45, 2.75) is 4.90 Å². The first-order valence-corrected chi connectivity index (χ1v) is 8.44. The van der Waals surface area contributed by atoms with Gasteiger partial charge in [0.25, 0.3) is 0 Å². The van der Waals surface area contributed by atoms with Crippen LogP contribution in [0.4, 0.5) is 0 Å². The molecule has 0 radical (unpaired) electrons. The number of carbonyl (C=O) groups is 1. The third-order valence-electron chi connectivity index (χ3n) is 3.43. The summed E-state index contributed by atoms with van der Waals surface area (Å²) in [6.45, 7) is 0. The van der Waals surface area contributed by atoms with E-state index in [1.165, 1.54) is 6.20 Å². The topological polar surface area (TPSA) is 72.2 Å². The van der Waals surface area contributed by atoms with Gasteiger partial charge in [0.15, 0.2) is 0 Å². The minimum Gasteiger partial charge on any atom is -0.478 e. The molecule has 116 valence electrons. The number of para-hydroxylation sites is 1. The van der Waals surface area contributed by atoms with Crippen LogP contribution >= 0.6 is 0 Å². The molecule has 1 heterocycles. The highest BCUT2D eigenvalue weighted by Gasteiger charge is 2.17. The average Bonchev–Trinajstić information content (AvgIpc) is 3.01. The van der Waals surface area contributed by atoms with E-state index in [1.807, 2.05) is 30.3 Å². The molecule has 1 unspecified atom stereocenters. The molecular formula is C17H14N2O3S. The number of carboxylic acid groups (broad SMARTS) is 1. The number of carboxylic acids is 1. The van der Waals surface area contributed by atoms with Crippen molar-refractivity contribution in [3.63, 3.8) is 0 Å². The molecule has 0 bridgehead atoms. The largest absolute Gasteiger partial charge is 0.478 e. The number of rotatable bonds is 4. The van der Waals surface area contributed by atoms with Crippen molar-refractivity contribution in [1.82, 2.24) is 9.78 Å². The van der Waals surface area contributed by atoms with Crippen LogP contribution in [0, 0.1) is 0 Å². The molecule has 0 spiro atoms. The van der Waals surface area contributed by atoms with Crippen molar-refractivity contribution in [3.8, 4) is 16.9 Å². The summed E-state index contributed by atoms with van der Waals surface area (Å²) in [6, 6.07) is 16.2. The third kappa shape index (κ3) is 3.07. The van der Waals surface area contributed by atoms with E-state index < -0.39 is 16.8 Å². The molecule has 3 aromatic rings. The summed E-state index contributed by atoms with van der Waals surface area (Å²) < 4.78 is 13.0. The molecule has 0 saturated heterocycles. The number of nitrogens with zero attached hydrogens (tertiary/aromatic N) is 2. The second-order valence-electron chi connectivity index (χ2n) is 4.96. The van der Waals surface area contributed by atoms with Gasteiger partial charge < -0.3 is 5.11 Å². The minimum absolute atomic E-state index is 0.124. The molecule has 5 nitrogen and oxygen atoms in total. The Hall–Kier alpha value is -2.73. The van der Waals surface area contributed by atoms with E-state index in [1.54, 1.807) is 35.2 Å². The van der Waals surface area contributed by atoms with Crippen molar-refractivity contribution in [1.29, 1.82) is 0 Å². The molecule has 3 rings (SSSR count). The van der Waals surface area contributed by atoms with Crippen LogP contribution in [-0.2, 0) is 10.8 Å². The van der Waals surface area contributed by atoms with Gasteiger partial charge in [-0.3, -0.25) is 4.21 Å². The Morgan fingerprint density at radius 2 is 1.74 bits per heavy atom. The monoisotopic (exact) mass is 326 g/mol. The van der Waals surface area contributed by atoms with Gasteiger partial charge in [-0.05, 0) is 24.3 Å². The zero-order chi connectivity index (χ0) is 16.4. The molecule has 1 N–H and O–H groups in total. The Kier molecular flexibility index (Phi) is 4.08. The third-order valence-corrected chi connectivity index (χ3v) is 4.36. The van der Waals surface area contributed by atoms with E-state index in [4.69, 9.17) is 0 Å². The summed E-state index contributed by atoms with van der Waals surface area (Å²) in [5.41, 5.74) is 1.97. The van der Waals surface area contributed by atoms with Crippen LogP contribution in [0.3, 0.4) is 0 Å². The lowest BCUT2D eigenvalue weighted by Gasteiger charge is -2.02. The summed E-state index contributed by atoms with van der Waals surface area (Å²) in [5, 5.41) is 13.8. The summed E-state index contributed by atoms with van der Waals surface area (Å²) in [6.07, 6.45) is 3.10. The highest BCUT2D eigenvalue weighted by atomic mass is 32.2. The molecule has 0 amide bonds. The molecule has 0 fully saturated rings. The highest BCUT2D eigenvalue weighted by molar-refractivity contribution is 7.84. The summed E-state index contributed by atoms with van der Waals surface area (Å²) in [4.78, 5) is 12.2. The van der Waals surface area contributed by atoms with Gasteiger partial charge in [-0.1, -0.05) is 30.3 Å². The number of hydrogen-bond acceptors (Lipinski definition) is 3. The summed E-state index contributed by atoms with van der Waals surface area (Å²) >= 11 is 0. The second kappa shape index (κ2) is 6.18. The van der Waals surface area contributed by atoms with Crippen molar-refractivity contribution in [2.24, 2.45) is 0 Å². The van der Waals surface area contributed by atoms with Gasteiger partial charge in [-0.25, -0.2) is 9.48 Å². The fraction of sp³-hybridized carbons (Fsp3) is 0.0588. The predicted molar refractivity (Wildman–Crippen MR) is 88.3 cm³/mol. The number of aromatic nitrogens is 2. The number of hydrogen-bond donors (Lipinski definition) is 1. The van der Waals surface area contributed by atoms with Gasteiger partial charge in [0.05, 0.1) is 5.69 Å². The molecule has 0 aliphatic carbocycles. The van der Waals surface area contributed by atoms with E-state index in [0.717, 1.165) is 5.69 Å². The van der Waals surface area contributed by atoms with Crippen LogP contribution in [-0.4, -0.2) is 31.3 Å². The van der Waals surface area contributed by atoms with Crippen molar-refractivity contribution in [3.05, 3.63) is 66.4 Å². The Labute approximate surface area is 135 Å². The lowest BCUT2D eigenvalue weighted by molar-refractivity contribution is 0.0697. The van der Waals surface area contributed by atoms with Crippen LogP contribution < -0.4 is 0 Å². The highest BCUT2D eigenvalue weighted by Crippen LogP contribution is 2.24. The summed E-state index contributed by atoms with van der Waals surface area (Å²) in [7, 11) is -1.07. The van der Waals surface area contributed by atoms with Gasteiger partial charge >= 0.3 is 5.97 Å². The summed E-state index contributed by atoms with van der Waals surface area (Å²) in [5.74, 6) is -1.04. The van der Waals surface area contributed by atoms with Gasteiger partial charge in [0.1, 0.15) is 11.3 Å². The fourth-order valence-corrected chi connectivity index (χ4v) is 2.78. The zero-order valence-electron chi connectivity index (χ0n) is 12.3. The van der Waals surface area contributed by atoms with Gasteiger partial charge in [-0.15, -0.1) is 0 Å². The smallest absolute Gasteiger partial charge is 0.339 e. The molecule has 0 aliphatic rings. The predicted octanol–water partition coefficient (Wildman–Crippen LogP) is 2.97. The lowest BCUT2D eigenvalue weighted by atomic mass is 10.1. The van der Waals surface area contributed by atoms with Gasteiger partial charge in [0.2, 0.25) is 0 Å². The SMILES string of the molecule is CS(=O)c1ccc(-c2nn(-c3ccccc3)cc2C(=O)O)cc1. The maximum absolute atomic E-state index is 11.5. The quantitative estimate of drug-likeness (QED) is 0.800. The van der Waals surface area contributed by atoms with E-state index in [2.05, 4.69) is 5.10 Å². The van der Waals surface area contributed by atoms with E-state index in [9.17, 15) is 14.1 Å². The van der Waals surface area contributed by atoms with Gasteiger partial charge in [-0.2, -0.15) is 5.10 Å². The maximum Gasteiger partial charge on any atom is 0.339 e. The molecule has 0 aliphatic heterocycles. The van der Waals surface area contributed by atoms with Crippen molar-refractivity contribution in [2.75, 3.05) is 6.26 Å².